The summed E-state index contributed by atoms with van der Waals surface area (Å²) in [6.07, 6.45) is 3.74. The quantitative estimate of drug-likeness (QED) is 0.433. The molecule has 4 aromatic rings. The van der Waals surface area contributed by atoms with Crippen LogP contribution in [-0.4, -0.2) is 16.2 Å². The van der Waals surface area contributed by atoms with Crippen LogP contribution in [0.5, 0.6) is 0 Å². The number of hydrogen-bond donors (Lipinski definition) is 1. The first kappa shape index (κ1) is 17.7. The summed E-state index contributed by atoms with van der Waals surface area (Å²) in [5, 5.41) is 0.910. The zero-order valence-corrected chi connectivity index (χ0v) is 16.2. The maximum absolute atomic E-state index is 13.4. The summed E-state index contributed by atoms with van der Waals surface area (Å²) < 4.78 is 13.4. The van der Waals surface area contributed by atoms with Gasteiger partial charge in [-0.15, -0.1) is 23.1 Å². The Labute approximate surface area is 165 Å². The van der Waals surface area contributed by atoms with E-state index in [-0.39, 0.29) is 5.82 Å². The Morgan fingerprint density at radius 2 is 1.63 bits per heavy atom. The van der Waals surface area contributed by atoms with Gasteiger partial charge in [0, 0.05) is 22.2 Å². The second-order valence-electron chi connectivity index (χ2n) is 5.90. The molecule has 2 aromatic heterocycles. The Bertz CT molecular complexity index is 1070. The molecule has 4 rings (SSSR count). The fourth-order valence-electron chi connectivity index (χ4n) is 2.77. The third-order valence-corrected chi connectivity index (χ3v) is 6.02. The molecule has 2 heterocycles. The molecule has 0 fully saturated rings. The number of rotatable bonds is 4. The normalized spacial score (nSPS) is 10.9. The minimum atomic E-state index is -0.267. The molecule has 134 valence electrons. The van der Waals surface area contributed by atoms with Crippen molar-refractivity contribution in [2.75, 3.05) is 12.0 Å². The highest BCUT2D eigenvalue weighted by molar-refractivity contribution is 7.98. The van der Waals surface area contributed by atoms with Gasteiger partial charge >= 0.3 is 0 Å². The van der Waals surface area contributed by atoms with E-state index in [1.807, 2.05) is 12.1 Å². The maximum Gasteiger partial charge on any atom is 0.124 e. The first-order valence-corrected chi connectivity index (χ1v) is 10.3. The molecule has 0 amide bonds. The molecule has 0 aliphatic carbocycles. The summed E-state index contributed by atoms with van der Waals surface area (Å²) in [5.41, 5.74) is 9.56. The third-order valence-electron chi connectivity index (χ3n) is 4.13. The van der Waals surface area contributed by atoms with Gasteiger partial charge in [-0.3, -0.25) is 0 Å². The van der Waals surface area contributed by atoms with Crippen LogP contribution < -0.4 is 5.73 Å². The van der Waals surface area contributed by atoms with Crippen LogP contribution in [-0.2, 0) is 0 Å². The molecule has 0 unspecified atom stereocenters. The van der Waals surface area contributed by atoms with Gasteiger partial charge in [-0.05, 0) is 60.4 Å². The van der Waals surface area contributed by atoms with Gasteiger partial charge in [0.25, 0.3) is 0 Å². The molecule has 0 aliphatic heterocycles. The predicted molar refractivity (Wildman–Crippen MR) is 112 cm³/mol. The van der Waals surface area contributed by atoms with Crippen molar-refractivity contribution >= 4 is 28.9 Å². The first-order chi connectivity index (χ1) is 13.1. The zero-order chi connectivity index (χ0) is 18.8. The fraction of sp³-hybridized carbons (Fsp3) is 0.0476. The summed E-state index contributed by atoms with van der Waals surface area (Å²) in [6.45, 7) is 0. The Hall–Kier alpha value is -2.70. The lowest BCUT2D eigenvalue weighted by molar-refractivity contribution is 0.628. The molecule has 0 saturated carbocycles. The Kier molecular flexibility index (Phi) is 4.92. The average Bonchev–Trinajstić information content (AvgIpc) is 3.14. The molecular weight excluding hydrogens is 377 g/mol. The smallest absolute Gasteiger partial charge is 0.124 e. The molecule has 27 heavy (non-hydrogen) atoms. The summed E-state index contributed by atoms with van der Waals surface area (Å²) in [5.74, 6) is 0.188. The number of nitrogens with two attached hydrogens (primary N) is 1. The summed E-state index contributed by atoms with van der Waals surface area (Å²) in [7, 11) is 0. The summed E-state index contributed by atoms with van der Waals surface area (Å²) in [4.78, 5) is 11.1. The van der Waals surface area contributed by atoms with E-state index in [4.69, 9.17) is 10.7 Å². The van der Waals surface area contributed by atoms with Crippen molar-refractivity contribution in [3.63, 3.8) is 0 Å². The molecular formula is C21H16FN3S2. The predicted octanol–water partition coefficient (Wildman–Crippen LogP) is 5.98. The van der Waals surface area contributed by atoms with Gasteiger partial charge in [0.15, 0.2) is 0 Å². The standard InChI is InChI=1S/C21H16FN3S2/c1-26-17-8-4-14(5-9-17)21-25-19(13-2-6-16(22)7-3-13)20(27-21)15-10-11-24-18(23)12-15/h2-12H,1H3,(H2,23,24). The Morgan fingerprint density at radius 3 is 2.30 bits per heavy atom. The molecule has 0 saturated heterocycles. The number of thiazole rings is 1. The minimum Gasteiger partial charge on any atom is -0.384 e. The molecule has 0 atom stereocenters. The lowest BCUT2D eigenvalue weighted by Gasteiger charge is -2.03. The summed E-state index contributed by atoms with van der Waals surface area (Å²) in [6, 6.07) is 18.5. The number of thioether (sulfide) groups is 1. The summed E-state index contributed by atoms with van der Waals surface area (Å²) >= 11 is 3.30. The highest BCUT2D eigenvalue weighted by atomic mass is 32.2. The largest absolute Gasteiger partial charge is 0.384 e. The van der Waals surface area contributed by atoms with Crippen LogP contribution in [0, 0.1) is 5.82 Å². The number of halogens is 1. The zero-order valence-electron chi connectivity index (χ0n) is 14.5. The van der Waals surface area contributed by atoms with Gasteiger partial charge in [0.05, 0.1) is 10.6 Å². The number of anilines is 1. The Morgan fingerprint density at radius 1 is 0.926 bits per heavy atom. The lowest BCUT2D eigenvalue weighted by atomic mass is 10.1. The molecule has 0 spiro atoms. The second-order valence-corrected chi connectivity index (χ2v) is 7.78. The molecule has 6 heteroatoms. The van der Waals surface area contributed by atoms with E-state index < -0.39 is 0 Å². The fourth-order valence-corrected chi connectivity index (χ4v) is 4.26. The van der Waals surface area contributed by atoms with Crippen molar-refractivity contribution in [2.45, 2.75) is 4.90 Å². The van der Waals surface area contributed by atoms with Crippen LogP contribution in [0.4, 0.5) is 10.2 Å². The van der Waals surface area contributed by atoms with E-state index in [0.29, 0.717) is 5.82 Å². The number of pyridine rings is 1. The van der Waals surface area contributed by atoms with Crippen LogP contribution >= 0.6 is 23.1 Å². The van der Waals surface area contributed by atoms with E-state index in [1.54, 1.807) is 41.4 Å². The van der Waals surface area contributed by atoms with Crippen LogP contribution in [0.15, 0.2) is 71.8 Å². The van der Waals surface area contributed by atoms with Gasteiger partial charge in [0.2, 0.25) is 0 Å². The molecule has 2 aromatic carbocycles. The highest BCUT2D eigenvalue weighted by Crippen LogP contribution is 2.41. The molecule has 0 aliphatic rings. The van der Waals surface area contributed by atoms with Crippen molar-refractivity contribution < 1.29 is 4.39 Å². The number of nitrogen functional groups attached to an aromatic ring is 1. The maximum atomic E-state index is 13.4. The van der Waals surface area contributed by atoms with Gasteiger partial charge in [-0.2, -0.15) is 0 Å². The number of aromatic nitrogens is 2. The van der Waals surface area contributed by atoms with Crippen molar-refractivity contribution in [3.8, 4) is 32.3 Å². The van der Waals surface area contributed by atoms with Crippen molar-refractivity contribution in [1.82, 2.24) is 9.97 Å². The molecule has 0 bridgehead atoms. The van der Waals surface area contributed by atoms with Crippen LogP contribution in [0.25, 0.3) is 32.3 Å². The molecule has 2 N–H and O–H groups in total. The van der Waals surface area contributed by atoms with Crippen LogP contribution in [0.1, 0.15) is 0 Å². The Balaban J connectivity index is 1.87. The van der Waals surface area contributed by atoms with E-state index >= 15 is 0 Å². The topological polar surface area (TPSA) is 51.8 Å². The van der Waals surface area contributed by atoms with E-state index in [2.05, 4.69) is 35.5 Å². The number of hydrogen-bond acceptors (Lipinski definition) is 5. The van der Waals surface area contributed by atoms with E-state index in [0.717, 1.165) is 32.3 Å². The number of benzene rings is 2. The lowest BCUT2D eigenvalue weighted by Crippen LogP contribution is -1.89. The molecule has 3 nitrogen and oxygen atoms in total. The van der Waals surface area contributed by atoms with Crippen molar-refractivity contribution in [1.29, 1.82) is 0 Å². The SMILES string of the molecule is CSc1ccc(-c2nc(-c3ccc(F)cc3)c(-c3ccnc(N)c3)s2)cc1. The van der Waals surface area contributed by atoms with Gasteiger partial charge in [0.1, 0.15) is 16.6 Å². The van der Waals surface area contributed by atoms with Gasteiger partial charge in [-0.25, -0.2) is 14.4 Å². The second kappa shape index (κ2) is 7.50. The van der Waals surface area contributed by atoms with Crippen LogP contribution in [0.2, 0.25) is 0 Å². The van der Waals surface area contributed by atoms with E-state index in [1.165, 1.54) is 17.0 Å². The van der Waals surface area contributed by atoms with E-state index in [9.17, 15) is 4.39 Å². The van der Waals surface area contributed by atoms with Crippen LogP contribution in [0.3, 0.4) is 0 Å². The minimum absolute atomic E-state index is 0.267. The molecule has 0 radical (unpaired) electrons. The first-order valence-electron chi connectivity index (χ1n) is 8.27. The average molecular weight is 394 g/mol. The monoisotopic (exact) mass is 393 g/mol. The van der Waals surface area contributed by atoms with Crippen molar-refractivity contribution in [2.24, 2.45) is 0 Å². The highest BCUT2D eigenvalue weighted by Gasteiger charge is 2.16. The third kappa shape index (κ3) is 3.72. The number of nitrogens with zero attached hydrogens (tertiary/aromatic N) is 2. The van der Waals surface area contributed by atoms with Gasteiger partial charge < -0.3 is 5.73 Å². The van der Waals surface area contributed by atoms with Crippen molar-refractivity contribution in [3.05, 3.63) is 72.7 Å². The van der Waals surface area contributed by atoms with Gasteiger partial charge in [-0.1, -0.05) is 12.1 Å².